The van der Waals surface area contributed by atoms with Crippen molar-refractivity contribution in [1.82, 2.24) is 4.57 Å². The molecule has 0 atom stereocenters. The van der Waals surface area contributed by atoms with Gasteiger partial charge in [-0.2, -0.15) is 0 Å². The van der Waals surface area contributed by atoms with Gasteiger partial charge in [-0.1, -0.05) is 36.4 Å². The molecule has 0 saturated heterocycles. The lowest BCUT2D eigenvalue weighted by molar-refractivity contribution is 0.0999. The molecule has 2 N–H and O–H groups in total. The van der Waals surface area contributed by atoms with E-state index in [-0.39, 0.29) is 20.8 Å². The summed E-state index contributed by atoms with van der Waals surface area (Å²) in [6.07, 6.45) is 2.22. The molecular weight excluding hydrogens is 438 g/mol. The Bertz CT molecular complexity index is 1350. The highest BCUT2D eigenvalue weighted by molar-refractivity contribution is 8.14. The summed E-state index contributed by atoms with van der Waals surface area (Å²) < 4.78 is 53.5. The van der Waals surface area contributed by atoms with Gasteiger partial charge in [0.1, 0.15) is 5.49 Å². The zero-order valence-electron chi connectivity index (χ0n) is 16.4. The van der Waals surface area contributed by atoms with Crippen LogP contribution < -0.4 is 11.2 Å². The van der Waals surface area contributed by atoms with Crippen LogP contribution in [0.2, 0.25) is 0 Å². The van der Waals surface area contributed by atoms with Gasteiger partial charge in [-0.15, -0.1) is 0 Å². The molecule has 1 heterocycles. The monoisotopic (exact) mass is 457 g/mol. The number of carbonyl (C=O) groups excluding carboxylic acids is 1. The van der Waals surface area contributed by atoms with E-state index in [2.05, 4.69) is 4.99 Å². The maximum absolute atomic E-state index is 13.2. The van der Waals surface area contributed by atoms with Crippen molar-refractivity contribution in [3.05, 3.63) is 100 Å². The molecule has 0 aliphatic rings. The number of nitrogens with zero attached hydrogens (tertiary/aromatic N) is 2. The average molecular weight is 458 g/mol. The Hall–Kier alpha value is -3.50. The van der Waals surface area contributed by atoms with E-state index in [4.69, 9.17) is 5.73 Å². The molecule has 0 saturated carbocycles. The van der Waals surface area contributed by atoms with Gasteiger partial charge in [0, 0.05) is 13.2 Å². The molecule has 0 fully saturated rings. The minimum Gasteiger partial charge on any atom is -0.366 e. The van der Waals surface area contributed by atoms with Crippen molar-refractivity contribution < 1.29 is 21.6 Å². The van der Waals surface area contributed by atoms with Gasteiger partial charge in [0.05, 0.1) is 21.6 Å². The first kappa shape index (κ1) is 22.2. The van der Waals surface area contributed by atoms with Crippen LogP contribution in [0.25, 0.3) is 0 Å². The lowest BCUT2D eigenvalue weighted by atomic mass is 10.3. The third-order valence-corrected chi connectivity index (χ3v) is 8.70. The molecular formula is C21H19N3O5S2. The Morgan fingerprint density at radius 2 is 1.32 bits per heavy atom. The SMILES string of the molecule is Cn1cc(C(N)=O)ccc1=NC=C(S(=O)(=O)c1ccccc1)S(=O)(=O)c1ccccc1. The second-order valence-corrected chi connectivity index (χ2v) is 10.6. The van der Waals surface area contributed by atoms with Crippen molar-refractivity contribution >= 4 is 25.6 Å². The summed E-state index contributed by atoms with van der Waals surface area (Å²) in [5.41, 5.74) is 5.68. The molecule has 0 unspecified atom stereocenters. The number of carbonyl (C=O) groups is 1. The van der Waals surface area contributed by atoms with Gasteiger partial charge in [0.25, 0.3) is 0 Å². The highest BCUT2D eigenvalue weighted by Gasteiger charge is 2.33. The van der Waals surface area contributed by atoms with Gasteiger partial charge in [-0.25, -0.2) is 21.8 Å². The van der Waals surface area contributed by atoms with E-state index in [1.165, 1.54) is 71.4 Å². The molecule has 0 aliphatic heterocycles. The maximum Gasteiger partial charge on any atom is 0.250 e. The van der Waals surface area contributed by atoms with E-state index in [9.17, 15) is 21.6 Å². The number of nitrogens with two attached hydrogens (primary N) is 1. The molecule has 3 aromatic rings. The third-order valence-electron chi connectivity index (χ3n) is 4.33. The fourth-order valence-electron chi connectivity index (χ4n) is 2.71. The highest BCUT2D eigenvalue weighted by atomic mass is 32.3. The second kappa shape index (κ2) is 8.70. The molecule has 160 valence electrons. The van der Waals surface area contributed by atoms with Crippen molar-refractivity contribution in [2.45, 2.75) is 9.79 Å². The number of hydrogen-bond acceptors (Lipinski definition) is 6. The minimum absolute atomic E-state index is 0.176. The molecule has 0 radical (unpaired) electrons. The Balaban J connectivity index is 2.26. The molecule has 10 heteroatoms. The summed E-state index contributed by atoms with van der Waals surface area (Å²) in [6.45, 7) is 0. The lowest BCUT2D eigenvalue weighted by Crippen LogP contribution is -2.21. The van der Waals surface area contributed by atoms with Crippen LogP contribution >= 0.6 is 0 Å². The molecule has 3 rings (SSSR count). The van der Waals surface area contributed by atoms with Crippen molar-refractivity contribution in [1.29, 1.82) is 0 Å². The summed E-state index contributed by atoms with van der Waals surface area (Å²) >= 11 is 0. The van der Waals surface area contributed by atoms with Crippen molar-refractivity contribution in [2.24, 2.45) is 17.8 Å². The number of benzene rings is 2. The van der Waals surface area contributed by atoms with E-state index in [0.29, 0.717) is 0 Å². The smallest absolute Gasteiger partial charge is 0.250 e. The van der Waals surface area contributed by atoms with E-state index in [1.807, 2.05) is 0 Å². The number of primary amides is 1. The van der Waals surface area contributed by atoms with Crippen LogP contribution in [0.3, 0.4) is 0 Å². The number of aryl methyl sites for hydroxylation is 1. The number of aromatic nitrogens is 1. The fourth-order valence-corrected chi connectivity index (χ4v) is 6.32. The minimum atomic E-state index is -4.42. The molecule has 8 nitrogen and oxygen atoms in total. The molecule has 2 aromatic carbocycles. The predicted octanol–water partition coefficient (Wildman–Crippen LogP) is 1.77. The fraction of sp³-hybridized carbons (Fsp3) is 0.0476. The number of sulfone groups is 2. The van der Waals surface area contributed by atoms with Gasteiger partial charge in [-0.3, -0.25) is 4.79 Å². The predicted molar refractivity (Wildman–Crippen MR) is 115 cm³/mol. The van der Waals surface area contributed by atoms with Crippen LogP contribution in [-0.2, 0) is 26.7 Å². The number of amides is 1. The number of rotatable bonds is 6. The first-order valence-electron chi connectivity index (χ1n) is 8.95. The Labute approximate surface area is 179 Å². The van der Waals surface area contributed by atoms with Gasteiger partial charge < -0.3 is 10.3 Å². The van der Waals surface area contributed by atoms with E-state index in [1.54, 1.807) is 19.2 Å². The first-order chi connectivity index (χ1) is 14.6. The number of hydrogen-bond donors (Lipinski definition) is 1. The Morgan fingerprint density at radius 3 is 1.74 bits per heavy atom. The molecule has 31 heavy (non-hydrogen) atoms. The quantitative estimate of drug-likeness (QED) is 0.603. The molecule has 1 amide bonds. The summed E-state index contributed by atoms with van der Waals surface area (Å²) in [6, 6.07) is 17.3. The van der Waals surface area contributed by atoms with Gasteiger partial charge in [0.15, 0.2) is 4.24 Å². The summed E-state index contributed by atoms with van der Waals surface area (Å²) in [7, 11) is -7.27. The lowest BCUT2D eigenvalue weighted by Gasteiger charge is -2.10. The normalized spacial score (nSPS) is 12.4. The summed E-state index contributed by atoms with van der Waals surface area (Å²) in [4.78, 5) is 15.0. The Morgan fingerprint density at radius 1 is 0.839 bits per heavy atom. The van der Waals surface area contributed by atoms with Gasteiger partial charge >= 0.3 is 0 Å². The van der Waals surface area contributed by atoms with Crippen LogP contribution in [0.5, 0.6) is 0 Å². The van der Waals surface area contributed by atoms with E-state index < -0.39 is 29.8 Å². The largest absolute Gasteiger partial charge is 0.366 e. The molecule has 1 aromatic heterocycles. The molecule has 0 spiro atoms. The van der Waals surface area contributed by atoms with Crippen molar-refractivity contribution in [3.63, 3.8) is 0 Å². The molecule has 0 bridgehead atoms. The topological polar surface area (TPSA) is 129 Å². The van der Waals surface area contributed by atoms with Crippen LogP contribution in [0.15, 0.2) is 104 Å². The van der Waals surface area contributed by atoms with Crippen LogP contribution in [-0.4, -0.2) is 27.3 Å². The average Bonchev–Trinajstić information content (AvgIpc) is 2.75. The van der Waals surface area contributed by atoms with Crippen LogP contribution in [0.1, 0.15) is 10.4 Å². The van der Waals surface area contributed by atoms with Gasteiger partial charge in [-0.05, 0) is 36.4 Å². The summed E-state index contributed by atoms with van der Waals surface area (Å²) in [5.74, 6) is -0.642. The van der Waals surface area contributed by atoms with Crippen LogP contribution in [0.4, 0.5) is 0 Å². The van der Waals surface area contributed by atoms with E-state index in [0.717, 1.165) is 6.20 Å². The second-order valence-electron chi connectivity index (χ2n) is 6.46. The summed E-state index contributed by atoms with van der Waals surface area (Å²) in [5, 5.41) is 0. The van der Waals surface area contributed by atoms with Crippen molar-refractivity contribution in [3.8, 4) is 0 Å². The molecule has 0 aliphatic carbocycles. The number of pyridine rings is 1. The third kappa shape index (κ3) is 4.65. The Kier molecular flexibility index (Phi) is 6.23. The van der Waals surface area contributed by atoms with Crippen molar-refractivity contribution in [2.75, 3.05) is 0 Å². The van der Waals surface area contributed by atoms with E-state index >= 15 is 0 Å². The zero-order chi connectivity index (χ0) is 22.6. The first-order valence-corrected chi connectivity index (χ1v) is 11.9. The maximum atomic E-state index is 13.2. The van der Waals surface area contributed by atoms with Gasteiger partial charge in [0.2, 0.25) is 25.6 Å². The highest BCUT2D eigenvalue weighted by Crippen LogP contribution is 2.28. The standard InChI is InChI=1S/C21H19N3O5S2/c1-24-15-16(21(22)25)12-13-19(24)23-14-20(30(26,27)17-8-4-2-5-9-17)31(28,29)18-10-6-3-7-11-18/h2-15H,1H3,(H2,22,25). The van der Waals surface area contributed by atoms with Crippen LogP contribution in [0, 0.1) is 0 Å². The zero-order valence-corrected chi connectivity index (χ0v) is 18.0.